The summed E-state index contributed by atoms with van der Waals surface area (Å²) < 4.78 is 13.5. The van der Waals surface area contributed by atoms with Crippen molar-refractivity contribution in [3.63, 3.8) is 0 Å². The fourth-order valence-corrected chi connectivity index (χ4v) is 4.63. The summed E-state index contributed by atoms with van der Waals surface area (Å²) >= 11 is 1.32. The van der Waals surface area contributed by atoms with Gasteiger partial charge in [0.15, 0.2) is 11.0 Å². The lowest BCUT2D eigenvalue weighted by atomic mass is 10.1. The number of amides is 1. The molecule has 186 valence electrons. The van der Waals surface area contributed by atoms with E-state index in [0.717, 1.165) is 28.0 Å². The molecule has 0 aliphatic heterocycles. The lowest BCUT2D eigenvalue weighted by Gasteiger charge is -2.12. The summed E-state index contributed by atoms with van der Waals surface area (Å²) in [6.45, 7) is 2.76. The van der Waals surface area contributed by atoms with Crippen molar-refractivity contribution in [1.82, 2.24) is 14.8 Å². The molecular formula is C29H26N4O3S. The summed E-state index contributed by atoms with van der Waals surface area (Å²) in [4.78, 5) is 12.6. The predicted octanol–water partition coefficient (Wildman–Crippen LogP) is 6.13. The van der Waals surface area contributed by atoms with Crippen molar-refractivity contribution >= 4 is 34.1 Å². The van der Waals surface area contributed by atoms with Gasteiger partial charge in [0, 0.05) is 11.4 Å². The maximum atomic E-state index is 12.6. The normalized spacial score (nSPS) is 10.8. The third-order valence-electron chi connectivity index (χ3n) is 5.59. The largest absolute Gasteiger partial charge is 0.494 e. The first-order valence-electron chi connectivity index (χ1n) is 12.0. The number of carbonyl (C=O) groups is 1. The van der Waals surface area contributed by atoms with Gasteiger partial charge in [-0.05, 0) is 66.2 Å². The molecule has 0 radical (unpaired) electrons. The summed E-state index contributed by atoms with van der Waals surface area (Å²) in [6, 6.07) is 31.3. The highest BCUT2D eigenvalue weighted by molar-refractivity contribution is 7.99. The summed E-state index contributed by atoms with van der Waals surface area (Å²) in [7, 11) is 0. The van der Waals surface area contributed by atoms with Crippen LogP contribution >= 0.6 is 11.8 Å². The molecule has 0 fully saturated rings. The van der Waals surface area contributed by atoms with Gasteiger partial charge >= 0.3 is 0 Å². The smallest absolute Gasteiger partial charge is 0.234 e. The van der Waals surface area contributed by atoms with Crippen LogP contribution in [-0.4, -0.2) is 33.0 Å². The Bertz CT molecular complexity index is 1490. The minimum Gasteiger partial charge on any atom is -0.494 e. The molecule has 4 aromatic carbocycles. The second kappa shape index (κ2) is 11.6. The van der Waals surface area contributed by atoms with Crippen LogP contribution in [0.2, 0.25) is 0 Å². The van der Waals surface area contributed by atoms with Crippen molar-refractivity contribution in [2.24, 2.45) is 0 Å². The lowest BCUT2D eigenvalue weighted by molar-refractivity contribution is -0.113. The number of fused-ring (bicyclic) bond motifs is 1. The van der Waals surface area contributed by atoms with E-state index in [1.807, 2.05) is 96.4 Å². The van der Waals surface area contributed by atoms with E-state index < -0.39 is 0 Å². The van der Waals surface area contributed by atoms with E-state index >= 15 is 0 Å². The molecule has 1 aromatic heterocycles. The third kappa shape index (κ3) is 6.10. The standard InChI is InChI=1S/C29H26N4O3S/c1-2-35-25-16-13-23(14-17-25)30-28(34)20-37-29-32-31-27(33(29)24-10-4-3-5-11-24)19-36-26-15-12-21-8-6-7-9-22(21)18-26/h3-18H,2,19-20H2,1H3,(H,30,34). The van der Waals surface area contributed by atoms with Crippen LogP contribution in [-0.2, 0) is 11.4 Å². The number of carbonyl (C=O) groups excluding carboxylic acids is 1. The number of hydrogen-bond donors (Lipinski definition) is 1. The van der Waals surface area contributed by atoms with Crippen LogP contribution in [0.3, 0.4) is 0 Å². The molecule has 0 spiro atoms. The number of hydrogen-bond acceptors (Lipinski definition) is 6. The fourth-order valence-electron chi connectivity index (χ4n) is 3.86. The first-order valence-corrected chi connectivity index (χ1v) is 12.9. The fraction of sp³-hybridized carbons (Fsp3) is 0.138. The Kier molecular flexibility index (Phi) is 7.66. The van der Waals surface area contributed by atoms with Crippen LogP contribution in [0.15, 0.2) is 102 Å². The van der Waals surface area contributed by atoms with Gasteiger partial charge in [0.1, 0.15) is 18.1 Å². The zero-order valence-electron chi connectivity index (χ0n) is 20.3. The molecule has 0 aliphatic carbocycles. The summed E-state index contributed by atoms with van der Waals surface area (Å²) in [5.41, 5.74) is 1.61. The van der Waals surface area contributed by atoms with Gasteiger partial charge in [-0.1, -0.05) is 60.3 Å². The van der Waals surface area contributed by atoms with E-state index in [2.05, 4.69) is 27.6 Å². The molecule has 7 nitrogen and oxygen atoms in total. The number of nitrogens with one attached hydrogen (secondary N) is 1. The molecule has 1 heterocycles. The maximum absolute atomic E-state index is 12.6. The highest BCUT2D eigenvalue weighted by Gasteiger charge is 2.17. The van der Waals surface area contributed by atoms with Crippen molar-refractivity contribution in [3.05, 3.63) is 103 Å². The van der Waals surface area contributed by atoms with Crippen LogP contribution in [0, 0.1) is 0 Å². The van der Waals surface area contributed by atoms with Crippen molar-refractivity contribution < 1.29 is 14.3 Å². The van der Waals surface area contributed by atoms with E-state index in [-0.39, 0.29) is 18.3 Å². The molecule has 1 amide bonds. The molecule has 1 N–H and O–H groups in total. The number of anilines is 1. The van der Waals surface area contributed by atoms with Gasteiger partial charge in [-0.25, -0.2) is 0 Å². The number of benzene rings is 4. The minimum atomic E-state index is -0.134. The van der Waals surface area contributed by atoms with Crippen LogP contribution in [0.25, 0.3) is 16.5 Å². The van der Waals surface area contributed by atoms with Crippen LogP contribution in [0.1, 0.15) is 12.7 Å². The highest BCUT2D eigenvalue weighted by Crippen LogP contribution is 2.25. The summed E-state index contributed by atoms with van der Waals surface area (Å²) in [6.07, 6.45) is 0. The number of para-hydroxylation sites is 1. The zero-order chi connectivity index (χ0) is 25.5. The van der Waals surface area contributed by atoms with Gasteiger partial charge in [-0.3, -0.25) is 9.36 Å². The van der Waals surface area contributed by atoms with Crippen LogP contribution in [0.5, 0.6) is 11.5 Å². The summed E-state index contributed by atoms with van der Waals surface area (Å²) in [5.74, 6) is 2.22. The Morgan fingerprint density at radius 2 is 1.57 bits per heavy atom. The number of rotatable bonds is 10. The lowest BCUT2D eigenvalue weighted by Crippen LogP contribution is -2.14. The van der Waals surface area contributed by atoms with Gasteiger partial charge in [0.25, 0.3) is 0 Å². The second-order valence-corrected chi connectivity index (χ2v) is 9.10. The molecule has 0 saturated heterocycles. The first kappa shape index (κ1) is 24.4. The molecule has 37 heavy (non-hydrogen) atoms. The van der Waals surface area contributed by atoms with Gasteiger partial charge in [0.05, 0.1) is 12.4 Å². The quantitative estimate of drug-likeness (QED) is 0.228. The number of aromatic nitrogens is 3. The van der Waals surface area contributed by atoms with Crippen molar-refractivity contribution in [2.45, 2.75) is 18.7 Å². The van der Waals surface area contributed by atoms with Crippen LogP contribution in [0.4, 0.5) is 5.69 Å². The first-order chi connectivity index (χ1) is 18.2. The Morgan fingerprint density at radius 1 is 0.838 bits per heavy atom. The zero-order valence-corrected chi connectivity index (χ0v) is 21.2. The Hall–Kier alpha value is -4.30. The molecule has 0 bridgehead atoms. The van der Waals surface area contributed by atoms with Gasteiger partial charge in [-0.2, -0.15) is 0 Å². The van der Waals surface area contributed by atoms with Gasteiger partial charge in [-0.15, -0.1) is 10.2 Å². The molecule has 0 saturated carbocycles. The third-order valence-corrected chi connectivity index (χ3v) is 6.51. The average Bonchev–Trinajstić information content (AvgIpc) is 3.35. The number of ether oxygens (including phenoxy) is 2. The molecule has 8 heteroatoms. The van der Waals surface area contributed by atoms with Crippen molar-refractivity contribution in [3.8, 4) is 17.2 Å². The maximum Gasteiger partial charge on any atom is 0.234 e. The van der Waals surface area contributed by atoms with Crippen LogP contribution < -0.4 is 14.8 Å². The summed E-state index contributed by atoms with van der Waals surface area (Å²) in [5, 5.41) is 14.5. The molecule has 0 aliphatic rings. The SMILES string of the molecule is CCOc1ccc(NC(=O)CSc2nnc(COc3ccc4ccccc4c3)n2-c2ccccc2)cc1. The van der Waals surface area contributed by atoms with E-state index in [1.165, 1.54) is 11.8 Å². The average molecular weight is 511 g/mol. The number of thioether (sulfide) groups is 1. The monoisotopic (exact) mass is 510 g/mol. The second-order valence-electron chi connectivity index (χ2n) is 8.16. The highest BCUT2D eigenvalue weighted by atomic mass is 32.2. The Balaban J connectivity index is 1.28. The van der Waals surface area contributed by atoms with Gasteiger partial charge < -0.3 is 14.8 Å². The molecule has 5 rings (SSSR count). The van der Waals surface area contributed by atoms with E-state index in [0.29, 0.717) is 23.3 Å². The topological polar surface area (TPSA) is 78.3 Å². The molecule has 0 unspecified atom stereocenters. The molecule has 0 atom stereocenters. The van der Waals surface area contributed by atoms with E-state index in [9.17, 15) is 4.79 Å². The Morgan fingerprint density at radius 3 is 2.35 bits per heavy atom. The number of nitrogens with zero attached hydrogens (tertiary/aromatic N) is 3. The van der Waals surface area contributed by atoms with Gasteiger partial charge in [0.2, 0.25) is 5.91 Å². The van der Waals surface area contributed by atoms with Crippen molar-refractivity contribution in [1.29, 1.82) is 0 Å². The van der Waals surface area contributed by atoms with Crippen molar-refractivity contribution in [2.75, 3.05) is 17.7 Å². The van der Waals surface area contributed by atoms with E-state index in [1.54, 1.807) is 0 Å². The van der Waals surface area contributed by atoms with E-state index in [4.69, 9.17) is 9.47 Å². The minimum absolute atomic E-state index is 0.134. The molecular weight excluding hydrogens is 484 g/mol. The predicted molar refractivity (Wildman–Crippen MR) is 147 cm³/mol. The Labute approximate surface area is 219 Å². The molecule has 5 aromatic rings.